The maximum Gasteiger partial charge on any atom is 0.200 e. The van der Waals surface area contributed by atoms with Gasteiger partial charge >= 0.3 is 0 Å². The highest BCUT2D eigenvalue weighted by Gasteiger charge is 2.12. The second kappa shape index (κ2) is 11.6. The molecule has 0 saturated heterocycles. The molecule has 0 saturated carbocycles. The molecule has 2 rings (SSSR count). The molecule has 0 bridgehead atoms. The largest absolute Gasteiger partial charge is 0.494 e. The number of ether oxygens (including phenoxy) is 3. The molecule has 0 fully saturated rings. The molecule has 2 aromatic rings. The topological polar surface area (TPSA) is 53.5 Å². The lowest BCUT2D eigenvalue weighted by atomic mass is 10.1. The fraction of sp³-hybridized carbons (Fsp3) is 0.524. The average molecular weight is 358 g/mol. The van der Waals surface area contributed by atoms with Gasteiger partial charge in [-0.2, -0.15) is 0 Å². The van der Waals surface area contributed by atoms with Crippen LogP contribution in [0.25, 0.3) is 11.4 Å². The van der Waals surface area contributed by atoms with Gasteiger partial charge in [0.05, 0.1) is 6.61 Å². The molecule has 1 aromatic heterocycles. The summed E-state index contributed by atoms with van der Waals surface area (Å²) in [6, 6.07) is 9.67. The normalized spacial score (nSPS) is 11.1. The first-order chi connectivity index (χ1) is 12.8. The first-order valence-electron chi connectivity index (χ1n) is 9.40. The van der Waals surface area contributed by atoms with Gasteiger partial charge in [0.15, 0.2) is 5.82 Å². The average Bonchev–Trinajstić information content (AvgIpc) is 2.69. The summed E-state index contributed by atoms with van der Waals surface area (Å²) < 4.78 is 16.3. The second-order valence-corrected chi connectivity index (χ2v) is 6.25. The van der Waals surface area contributed by atoms with E-state index >= 15 is 0 Å². The van der Waals surface area contributed by atoms with Gasteiger partial charge in [0, 0.05) is 26.0 Å². The van der Waals surface area contributed by atoms with Gasteiger partial charge in [-0.1, -0.05) is 39.0 Å². The predicted molar refractivity (Wildman–Crippen MR) is 103 cm³/mol. The Bertz CT molecular complexity index is 627. The standard InChI is InChI=1S/C21H30N2O3/c1-4-5-6-7-8-9-16-26-18-12-10-17(11-13-18)20-22-15-14-19(23-20)21(24-2)25-3/h10-15,21H,4-9,16H2,1-3H3. The molecule has 142 valence electrons. The summed E-state index contributed by atoms with van der Waals surface area (Å²) in [6.07, 6.45) is 8.81. The van der Waals surface area contributed by atoms with Crippen molar-refractivity contribution < 1.29 is 14.2 Å². The van der Waals surface area contributed by atoms with Gasteiger partial charge in [-0.15, -0.1) is 0 Å². The molecule has 0 aliphatic heterocycles. The summed E-state index contributed by atoms with van der Waals surface area (Å²) >= 11 is 0. The molecule has 0 aliphatic carbocycles. The summed E-state index contributed by atoms with van der Waals surface area (Å²) in [6.45, 7) is 3.00. The zero-order chi connectivity index (χ0) is 18.6. The minimum Gasteiger partial charge on any atom is -0.494 e. The minimum atomic E-state index is -0.489. The highest BCUT2D eigenvalue weighted by molar-refractivity contribution is 5.56. The highest BCUT2D eigenvalue weighted by atomic mass is 16.7. The third-order valence-electron chi connectivity index (χ3n) is 4.23. The molecule has 0 radical (unpaired) electrons. The van der Waals surface area contributed by atoms with Crippen LogP contribution in [0.1, 0.15) is 57.4 Å². The van der Waals surface area contributed by atoms with Crippen molar-refractivity contribution >= 4 is 0 Å². The fourth-order valence-corrected chi connectivity index (χ4v) is 2.75. The third-order valence-corrected chi connectivity index (χ3v) is 4.23. The Morgan fingerprint density at radius 2 is 1.58 bits per heavy atom. The summed E-state index contributed by atoms with van der Waals surface area (Å²) in [7, 11) is 3.18. The molecule has 26 heavy (non-hydrogen) atoms. The Morgan fingerprint density at radius 3 is 2.27 bits per heavy atom. The Labute approximate surface area is 156 Å². The van der Waals surface area contributed by atoms with Gasteiger partial charge in [0.2, 0.25) is 6.29 Å². The Kier molecular flexibility index (Phi) is 9.07. The number of nitrogens with zero attached hydrogens (tertiary/aromatic N) is 2. The molecule has 0 spiro atoms. The van der Waals surface area contributed by atoms with Crippen molar-refractivity contribution in [3.8, 4) is 17.1 Å². The van der Waals surface area contributed by atoms with Crippen LogP contribution in [0.4, 0.5) is 0 Å². The van der Waals surface area contributed by atoms with Crippen LogP contribution in [0.3, 0.4) is 0 Å². The van der Waals surface area contributed by atoms with Crippen molar-refractivity contribution in [2.45, 2.75) is 51.7 Å². The first-order valence-corrected chi connectivity index (χ1v) is 9.40. The van der Waals surface area contributed by atoms with E-state index in [0.29, 0.717) is 11.5 Å². The third kappa shape index (κ3) is 6.39. The number of methoxy groups -OCH3 is 2. The number of hydrogen-bond acceptors (Lipinski definition) is 5. The summed E-state index contributed by atoms with van der Waals surface area (Å²) in [5.74, 6) is 1.52. The van der Waals surface area contributed by atoms with E-state index in [4.69, 9.17) is 14.2 Å². The van der Waals surface area contributed by atoms with Crippen LogP contribution in [0, 0.1) is 0 Å². The van der Waals surface area contributed by atoms with Crippen LogP contribution in [0.5, 0.6) is 5.75 Å². The van der Waals surface area contributed by atoms with Crippen molar-refractivity contribution in [3.63, 3.8) is 0 Å². The van der Waals surface area contributed by atoms with Crippen molar-refractivity contribution in [2.24, 2.45) is 0 Å². The quantitative estimate of drug-likeness (QED) is 0.387. The molecule has 0 amide bonds. The van der Waals surface area contributed by atoms with E-state index in [0.717, 1.165) is 24.3 Å². The Hall–Kier alpha value is -1.98. The van der Waals surface area contributed by atoms with Crippen LogP contribution in [-0.4, -0.2) is 30.8 Å². The van der Waals surface area contributed by atoms with Gasteiger partial charge in [0.1, 0.15) is 11.4 Å². The summed E-state index contributed by atoms with van der Waals surface area (Å²) in [5, 5.41) is 0. The molecular formula is C21H30N2O3. The van der Waals surface area contributed by atoms with Crippen LogP contribution < -0.4 is 4.74 Å². The number of aromatic nitrogens is 2. The molecule has 0 unspecified atom stereocenters. The predicted octanol–water partition coefficient (Wildman–Crippen LogP) is 5.17. The lowest BCUT2D eigenvalue weighted by Gasteiger charge is -2.13. The van der Waals surface area contributed by atoms with Gasteiger partial charge in [-0.3, -0.25) is 0 Å². The maximum atomic E-state index is 5.82. The van der Waals surface area contributed by atoms with Crippen LogP contribution in [0.2, 0.25) is 0 Å². The zero-order valence-electron chi connectivity index (χ0n) is 16.1. The number of rotatable bonds is 12. The SMILES string of the molecule is CCCCCCCCOc1ccc(-c2nccc(C(OC)OC)n2)cc1. The van der Waals surface area contributed by atoms with Crippen LogP contribution >= 0.6 is 0 Å². The van der Waals surface area contributed by atoms with E-state index in [2.05, 4.69) is 16.9 Å². The number of hydrogen-bond donors (Lipinski definition) is 0. The maximum absolute atomic E-state index is 5.82. The number of benzene rings is 1. The van der Waals surface area contributed by atoms with E-state index in [1.165, 1.54) is 32.1 Å². The van der Waals surface area contributed by atoms with Crippen LogP contribution in [-0.2, 0) is 9.47 Å². The molecule has 1 aromatic carbocycles. The van der Waals surface area contributed by atoms with E-state index in [1.807, 2.05) is 24.3 Å². The summed E-state index contributed by atoms with van der Waals surface area (Å²) in [4.78, 5) is 8.86. The van der Waals surface area contributed by atoms with Crippen molar-refractivity contribution in [1.29, 1.82) is 0 Å². The summed E-state index contributed by atoms with van der Waals surface area (Å²) in [5.41, 5.74) is 1.63. The van der Waals surface area contributed by atoms with Gasteiger partial charge < -0.3 is 14.2 Å². The van der Waals surface area contributed by atoms with Crippen molar-refractivity contribution in [2.75, 3.05) is 20.8 Å². The van der Waals surface area contributed by atoms with E-state index in [1.54, 1.807) is 26.5 Å². The minimum absolute atomic E-state index is 0.489. The van der Waals surface area contributed by atoms with Gasteiger partial charge in [-0.25, -0.2) is 9.97 Å². The Morgan fingerprint density at radius 1 is 0.885 bits per heavy atom. The molecular weight excluding hydrogens is 328 g/mol. The number of unbranched alkanes of at least 4 members (excludes halogenated alkanes) is 5. The molecule has 0 aliphatic rings. The van der Waals surface area contributed by atoms with Crippen molar-refractivity contribution in [3.05, 3.63) is 42.2 Å². The highest BCUT2D eigenvalue weighted by Crippen LogP contribution is 2.22. The smallest absolute Gasteiger partial charge is 0.200 e. The zero-order valence-corrected chi connectivity index (χ0v) is 16.1. The molecule has 0 N–H and O–H groups in total. The molecule has 5 nitrogen and oxygen atoms in total. The first kappa shape index (κ1) is 20.3. The molecule has 0 atom stereocenters. The lowest BCUT2D eigenvalue weighted by molar-refractivity contribution is -0.108. The van der Waals surface area contributed by atoms with E-state index in [-0.39, 0.29) is 0 Å². The fourth-order valence-electron chi connectivity index (χ4n) is 2.75. The second-order valence-electron chi connectivity index (χ2n) is 6.25. The van der Waals surface area contributed by atoms with Gasteiger partial charge in [0.25, 0.3) is 0 Å². The lowest BCUT2D eigenvalue weighted by Crippen LogP contribution is -2.07. The van der Waals surface area contributed by atoms with E-state index in [9.17, 15) is 0 Å². The van der Waals surface area contributed by atoms with E-state index < -0.39 is 6.29 Å². The van der Waals surface area contributed by atoms with Crippen molar-refractivity contribution in [1.82, 2.24) is 9.97 Å². The van der Waals surface area contributed by atoms with Crippen LogP contribution in [0.15, 0.2) is 36.5 Å². The molecule has 5 heteroatoms. The monoisotopic (exact) mass is 358 g/mol. The molecule has 1 heterocycles. The van der Waals surface area contributed by atoms with Gasteiger partial charge in [-0.05, 0) is 36.8 Å². The Balaban J connectivity index is 1.86.